The van der Waals surface area contributed by atoms with Crippen molar-refractivity contribution < 1.29 is 9.18 Å². The molecule has 0 spiro atoms. The molecule has 1 amide bonds. The molecule has 1 saturated carbocycles. The van der Waals surface area contributed by atoms with Gasteiger partial charge in [0.1, 0.15) is 5.82 Å². The number of rotatable bonds is 4. The second kappa shape index (κ2) is 6.84. The third kappa shape index (κ3) is 3.79. The monoisotopic (exact) mass is 278 g/mol. The summed E-state index contributed by atoms with van der Waals surface area (Å²) in [5, 5.41) is 0. The molecule has 0 aromatic heterocycles. The van der Waals surface area contributed by atoms with Crippen LogP contribution in [0.4, 0.5) is 4.39 Å². The molecule has 2 rings (SSSR count). The minimum Gasteiger partial charge on any atom is -0.340 e. The van der Waals surface area contributed by atoms with Gasteiger partial charge >= 0.3 is 0 Å². The van der Waals surface area contributed by atoms with E-state index in [-0.39, 0.29) is 24.2 Å². The molecular formula is C16H23FN2O. The quantitative estimate of drug-likeness (QED) is 0.919. The van der Waals surface area contributed by atoms with Gasteiger partial charge in [-0.3, -0.25) is 4.79 Å². The number of hydrogen-bond acceptors (Lipinski definition) is 2. The summed E-state index contributed by atoms with van der Waals surface area (Å²) in [5.41, 5.74) is 6.65. The predicted octanol–water partition coefficient (Wildman–Crippen LogP) is 2.49. The number of likely N-dealkylation sites (N-methyl/N-ethyl adjacent to an activating group) is 1. The van der Waals surface area contributed by atoms with Gasteiger partial charge in [-0.25, -0.2) is 4.39 Å². The second-order valence-electron chi connectivity index (χ2n) is 5.56. The summed E-state index contributed by atoms with van der Waals surface area (Å²) in [4.78, 5) is 14.3. The topological polar surface area (TPSA) is 46.3 Å². The van der Waals surface area contributed by atoms with Crippen LogP contribution in [0.1, 0.15) is 38.2 Å². The zero-order valence-electron chi connectivity index (χ0n) is 12.0. The van der Waals surface area contributed by atoms with Gasteiger partial charge in [-0.15, -0.1) is 0 Å². The molecule has 0 atom stereocenters. The maximum Gasteiger partial charge on any atom is 0.227 e. The summed E-state index contributed by atoms with van der Waals surface area (Å²) < 4.78 is 13.2. The summed E-state index contributed by atoms with van der Waals surface area (Å²) in [5.74, 6) is -0.208. The van der Waals surface area contributed by atoms with Crippen molar-refractivity contribution in [3.8, 4) is 0 Å². The first-order valence-corrected chi connectivity index (χ1v) is 7.39. The largest absolute Gasteiger partial charge is 0.340 e. The molecule has 0 aliphatic heterocycles. The van der Waals surface area contributed by atoms with Crippen molar-refractivity contribution in [2.45, 2.75) is 51.1 Å². The third-order valence-corrected chi connectivity index (χ3v) is 4.09. The lowest BCUT2D eigenvalue weighted by Crippen LogP contribution is -2.44. The molecule has 4 heteroatoms. The van der Waals surface area contributed by atoms with Crippen LogP contribution in [0.3, 0.4) is 0 Å². The maximum absolute atomic E-state index is 13.2. The highest BCUT2D eigenvalue weighted by Gasteiger charge is 2.26. The minimum absolute atomic E-state index is 0.0820. The van der Waals surface area contributed by atoms with Gasteiger partial charge in [0.05, 0.1) is 6.42 Å². The highest BCUT2D eigenvalue weighted by Crippen LogP contribution is 2.22. The van der Waals surface area contributed by atoms with Crippen molar-refractivity contribution in [1.29, 1.82) is 0 Å². The Labute approximate surface area is 120 Å². The standard InChI is InChI=1S/C16H23FN2O/c1-2-19(15-8-6-14(18)7-9-15)16(20)11-12-4-3-5-13(17)10-12/h3-5,10,14-15H,2,6-9,11,18H2,1H3. The highest BCUT2D eigenvalue weighted by atomic mass is 19.1. The van der Waals surface area contributed by atoms with Crippen molar-refractivity contribution in [2.24, 2.45) is 5.73 Å². The van der Waals surface area contributed by atoms with Gasteiger partial charge in [0, 0.05) is 18.6 Å². The molecule has 3 nitrogen and oxygen atoms in total. The number of benzene rings is 1. The van der Waals surface area contributed by atoms with Crippen LogP contribution in [-0.2, 0) is 11.2 Å². The summed E-state index contributed by atoms with van der Waals surface area (Å²) >= 11 is 0. The van der Waals surface area contributed by atoms with Gasteiger partial charge in [0.15, 0.2) is 0 Å². The minimum atomic E-state index is -0.290. The first kappa shape index (κ1) is 15.0. The van der Waals surface area contributed by atoms with Gasteiger partial charge in [-0.2, -0.15) is 0 Å². The second-order valence-corrected chi connectivity index (χ2v) is 5.56. The SMILES string of the molecule is CCN(C(=O)Cc1cccc(F)c1)C1CCC(N)CC1. The van der Waals surface area contributed by atoms with E-state index < -0.39 is 0 Å². The number of carbonyl (C=O) groups excluding carboxylic acids is 1. The molecule has 0 radical (unpaired) electrons. The molecule has 0 unspecified atom stereocenters. The molecule has 2 N–H and O–H groups in total. The van der Waals surface area contributed by atoms with E-state index in [4.69, 9.17) is 5.73 Å². The summed E-state index contributed by atoms with van der Waals surface area (Å²) in [6.45, 7) is 2.70. The summed E-state index contributed by atoms with van der Waals surface area (Å²) in [6, 6.07) is 6.85. The van der Waals surface area contributed by atoms with E-state index in [9.17, 15) is 9.18 Å². The number of hydrogen-bond donors (Lipinski definition) is 1. The van der Waals surface area contributed by atoms with Crippen molar-refractivity contribution in [1.82, 2.24) is 4.90 Å². The van der Waals surface area contributed by atoms with E-state index in [1.165, 1.54) is 12.1 Å². The van der Waals surface area contributed by atoms with Gasteiger partial charge in [0.2, 0.25) is 5.91 Å². The number of nitrogens with zero attached hydrogens (tertiary/aromatic N) is 1. The molecule has 1 aliphatic rings. The van der Waals surface area contributed by atoms with Crippen LogP contribution in [0.25, 0.3) is 0 Å². The Morgan fingerprint density at radius 2 is 2.05 bits per heavy atom. The number of amides is 1. The average molecular weight is 278 g/mol. The highest BCUT2D eigenvalue weighted by molar-refractivity contribution is 5.79. The first-order valence-electron chi connectivity index (χ1n) is 7.39. The zero-order valence-corrected chi connectivity index (χ0v) is 12.0. The van der Waals surface area contributed by atoms with Crippen LogP contribution in [0.2, 0.25) is 0 Å². The van der Waals surface area contributed by atoms with Crippen LogP contribution < -0.4 is 5.73 Å². The lowest BCUT2D eigenvalue weighted by molar-refractivity contribution is -0.133. The molecule has 110 valence electrons. The average Bonchev–Trinajstić information content (AvgIpc) is 2.42. The fourth-order valence-corrected chi connectivity index (χ4v) is 2.97. The van der Waals surface area contributed by atoms with Gasteiger partial charge in [0.25, 0.3) is 0 Å². The van der Waals surface area contributed by atoms with Crippen LogP contribution in [0.15, 0.2) is 24.3 Å². The Morgan fingerprint density at radius 3 is 2.65 bits per heavy atom. The van der Waals surface area contributed by atoms with Crippen LogP contribution in [-0.4, -0.2) is 29.4 Å². The normalized spacial score (nSPS) is 22.6. The van der Waals surface area contributed by atoms with E-state index >= 15 is 0 Å². The fourth-order valence-electron chi connectivity index (χ4n) is 2.97. The van der Waals surface area contributed by atoms with E-state index in [0.29, 0.717) is 12.6 Å². The molecule has 1 aromatic carbocycles. The Morgan fingerprint density at radius 1 is 1.35 bits per heavy atom. The fraction of sp³-hybridized carbons (Fsp3) is 0.562. The van der Waals surface area contributed by atoms with Crippen molar-refractivity contribution in [3.63, 3.8) is 0 Å². The van der Waals surface area contributed by atoms with Crippen molar-refractivity contribution in [2.75, 3.05) is 6.54 Å². The predicted molar refractivity (Wildman–Crippen MR) is 77.7 cm³/mol. The molecule has 20 heavy (non-hydrogen) atoms. The molecule has 0 heterocycles. The zero-order chi connectivity index (χ0) is 14.5. The van der Waals surface area contributed by atoms with E-state index in [1.54, 1.807) is 12.1 Å². The van der Waals surface area contributed by atoms with E-state index in [0.717, 1.165) is 31.2 Å². The van der Waals surface area contributed by atoms with Crippen LogP contribution in [0, 0.1) is 5.82 Å². The Hall–Kier alpha value is -1.42. The van der Waals surface area contributed by atoms with E-state index in [2.05, 4.69) is 0 Å². The van der Waals surface area contributed by atoms with Crippen LogP contribution in [0.5, 0.6) is 0 Å². The molecule has 0 bridgehead atoms. The van der Waals surface area contributed by atoms with Gasteiger partial charge in [-0.05, 0) is 50.3 Å². The Kier molecular flexibility index (Phi) is 5.12. The summed E-state index contributed by atoms with van der Waals surface area (Å²) in [6.07, 6.45) is 4.19. The van der Waals surface area contributed by atoms with Gasteiger partial charge in [-0.1, -0.05) is 12.1 Å². The molecular weight excluding hydrogens is 255 g/mol. The van der Waals surface area contributed by atoms with Crippen LogP contribution >= 0.6 is 0 Å². The molecule has 1 aliphatic carbocycles. The molecule has 0 saturated heterocycles. The van der Waals surface area contributed by atoms with Gasteiger partial charge < -0.3 is 10.6 Å². The maximum atomic E-state index is 13.2. The smallest absolute Gasteiger partial charge is 0.227 e. The first-order chi connectivity index (χ1) is 9.60. The molecule has 1 aromatic rings. The lowest BCUT2D eigenvalue weighted by Gasteiger charge is -2.35. The van der Waals surface area contributed by atoms with Crippen molar-refractivity contribution in [3.05, 3.63) is 35.6 Å². The number of nitrogens with two attached hydrogens (primary N) is 1. The Bertz CT molecular complexity index is 456. The van der Waals surface area contributed by atoms with E-state index in [1.807, 2.05) is 11.8 Å². The number of halogens is 1. The third-order valence-electron chi connectivity index (χ3n) is 4.09. The lowest BCUT2D eigenvalue weighted by atomic mass is 9.90. The Balaban J connectivity index is 1.98. The van der Waals surface area contributed by atoms with Crippen molar-refractivity contribution >= 4 is 5.91 Å². The number of carbonyl (C=O) groups is 1. The molecule has 1 fully saturated rings. The summed E-state index contributed by atoms with van der Waals surface area (Å²) in [7, 11) is 0.